The SMILES string of the molecule is COS(=O)(=O)O.c1ccc2oncc2c1. The average molecular weight is 231 g/mol. The summed E-state index contributed by atoms with van der Waals surface area (Å²) in [5.41, 5.74) is 0.845. The van der Waals surface area contributed by atoms with Gasteiger partial charge in [-0.3, -0.25) is 8.74 Å². The molecule has 1 aromatic carbocycles. The second-order valence-corrected chi connectivity index (χ2v) is 3.65. The number of nitrogens with zero attached hydrogens (tertiary/aromatic N) is 1. The lowest BCUT2D eigenvalue weighted by atomic mass is 10.3. The van der Waals surface area contributed by atoms with E-state index in [1.165, 1.54) is 0 Å². The van der Waals surface area contributed by atoms with E-state index in [9.17, 15) is 8.42 Å². The van der Waals surface area contributed by atoms with E-state index in [0.717, 1.165) is 18.1 Å². The predicted octanol–water partition coefficient (Wildman–Crippen LogP) is 1.26. The van der Waals surface area contributed by atoms with Gasteiger partial charge in [-0.25, -0.2) is 0 Å². The van der Waals surface area contributed by atoms with Crippen LogP contribution in [-0.4, -0.2) is 25.2 Å². The summed E-state index contributed by atoms with van der Waals surface area (Å²) >= 11 is 0. The minimum absolute atomic E-state index is 0.845. The third-order valence-electron chi connectivity index (χ3n) is 1.47. The highest BCUT2D eigenvalue weighted by atomic mass is 32.3. The second-order valence-electron chi connectivity index (χ2n) is 2.46. The minimum Gasteiger partial charge on any atom is -0.356 e. The summed E-state index contributed by atoms with van der Waals surface area (Å²) in [7, 11) is -3.29. The molecule has 0 amide bonds. The molecule has 0 radical (unpaired) electrons. The zero-order valence-corrected chi connectivity index (χ0v) is 8.64. The molecule has 7 heteroatoms. The molecule has 1 aromatic heterocycles. The molecule has 6 nitrogen and oxygen atoms in total. The van der Waals surface area contributed by atoms with Gasteiger partial charge in [0.05, 0.1) is 13.3 Å². The highest BCUT2D eigenvalue weighted by Gasteiger charge is 1.94. The van der Waals surface area contributed by atoms with Crippen LogP contribution in [0.4, 0.5) is 0 Å². The number of para-hydroxylation sites is 1. The maximum absolute atomic E-state index is 9.33. The van der Waals surface area contributed by atoms with Crippen molar-refractivity contribution in [1.29, 1.82) is 0 Å². The first kappa shape index (κ1) is 11.6. The number of hydrogen-bond acceptors (Lipinski definition) is 5. The third-order valence-corrected chi connectivity index (χ3v) is 1.89. The molecule has 1 heterocycles. The number of benzene rings is 1. The molecular weight excluding hydrogens is 222 g/mol. The Morgan fingerprint density at radius 3 is 2.53 bits per heavy atom. The Morgan fingerprint density at radius 2 is 2.00 bits per heavy atom. The molecule has 0 fully saturated rings. The van der Waals surface area contributed by atoms with Crippen molar-refractivity contribution in [2.24, 2.45) is 0 Å². The Balaban J connectivity index is 0.000000167. The summed E-state index contributed by atoms with van der Waals surface area (Å²) < 4.78 is 34.6. The quantitative estimate of drug-likeness (QED) is 0.743. The van der Waals surface area contributed by atoms with E-state index in [1.807, 2.05) is 24.3 Å². The molecule has 0 aliphatic carbocycles. The molecule has 0 bridgehead atoms. The minimum atomic E-state index is -4.16. The normalized spacial score (nSPS) is 10.8. The van der Waals surface area contributed by atoms with Crippen molar-refractivity contribution < 1.29 is 21.7 Å². The molecule has 82 valence electrons. The molecule has 0 aliphatic rings. The molecule has 15 heavy (non-hydrogen) atoms. The van der Waals surface area contributed by atoms with E-state index in [1.54, 1.807) is 6.20 Å². The van der Waals surface area contributed by atoms with E-state index in [-0.39, 0.29) is 0 Å². The lowest BCUT2D eigenvalue weighted by Crippen LogP contribution is -1.96. The fraction of sp³-hybridized carbons (Fsp3) is 0.125. The first-order valence-corrected chi connectivity index (χ1v) is 5.22. The van der Waals surface area contributed by atoms with Crippen molar-refractivity contribution in [2.45, 2.75) is 0 Å². The van der Waals surface area contributed by atoms with Crippen LogP contribution in [0.15, 0.2) is 35.0 Å². The van der Waals surface area contributed by atoms with Gasteiger partial charge in [-0.1, -0.05) is 17.3 Å². The Kier molecular flexibility index (Phi) is 3.78. The fourth-order valence-electron chi connectivity index (χ4n) is 0.810. The van der Waals surface area contributed by atoms with Gasteiger partial charge in [-0.15, -0.1) is 0 Å². The van der Waals surface area contributed by atoms with E-state index in [4.69, 9.17) is 9.08 Å². The molecule has 0 spiro atoms. The Bertz CT molecular complexity index is 488. The van der Waals surface area contributed by atoms with Gasteiger partial charge in [0, 0.05) is 5.39 Å². The van der Waals surface area contributed by atoms with Crippen molar-refractivity contribution in [3.05, 3.63) is 30.5 Å². The first-order chi connectivity index (χ1) is 7.03. The highest BCUT2D eigenvalue weighted by Crippen LogP contribution is 2.10. The van der Waals surface area contributed by atoms with Crippen LogP contribution in [0.25, 0.3) is 11.0 Å². The second kappa shape index (κ2) is 4.87. The van der Waals surface area contributed by atoms with Crippen molar-refractivity contribution in [3.8, 4) is 0 Å². The number of fused-ring (bicyclic) bond motifs is 1. The van der Waals surface area contributed by atoms with Gasteiger partial charge in [0.2, 0.25) is 0 Å². The molecule has 0 aliphatic heterocycles. The molecule has 0 atom stereocenters. The van der Waals surface area contributed by atoms with Gasteiger partial charge >= 0.3 is 10.4 Å². The Morgan fingerprint density at radius 1 is 1.40 bits per heavy atom. The van der Waals surface area contributed by atoms with E-state index < -0.39 is 10.4 Å². The summed E-state index contributed by atoms with van der Waals surface area (Å²) in [5, 5.41) is 4.68. The third kappa shape index (κ3) is 4.07. The smallest absolute Gasteiger partial charge is 0.356 e. The molecule has 0 unspecified atom stereocenters. The van der Waals surface area contributed by atoms with Crippen molar-refractivity contribution in [3.63, 3.8) is 0 Å². The molecule has 2 aromatic rings. The van der Waals surface area contributed by atoms with Crippen molar-refractivity contribution in [2.75, 3.05) is 7.11 Å². The molecule has 2 rings (SSSR count). The van der Waals surface area contributed by atoms with Crippen molar-refractivity contribution in [1.82, 2.24) is 5.16 Å². The van der Waals surface area contributed by atoms with Crippen LogP contribution in [-0.2, 0) is 14.6 Å². The summed E-state index contributed by atoms with van der Waals surface area (Å²) in [6.45, 7) is 0. The van der Waals surface area contributed by atoms with E-state index >= 15 is 0 Å². The number of rotatable bonds is 1. The maximum Gasteiger partial charge on any atom is 0.397 e. The van der Waals surface area contributed by atoms with Crippen LogP contribution in [0.3, 0.4) is 0 Å². The summed E-state index contributed by atoms with van der Waals surface area (Å²) in [5.74, 6) is 0. The van der Waals surface area contributed by atoms with Gasteiger partial charge in [-0.2, -0.15) is 8.42 Å². The molecule has 0 saturated carbocycles. The fourth-order valence-corrected chi connectivity index (χ4v) is 0.810. The van der Waals surface area contributed by atoms with Gasteiger partial charge < -0.3 is 4.52 Å². The van der Waals surface area contributed by atoms with Crippen LogP contribution in [0, 0.1) is 0 Å². The molecule has 0 saturated heterocycles. The number of hydrogen-bond donors (Lipinski definition) is 1. The predicted molar refractivity (Wildman–Crippen MR) is 52.6 cm³/mol. The largest absolute Gasteiger partial charge is 0.397 e. The van der Waals surface area contributed by atoms with Gasteiger partial charge in [0.15, 0.2) is 5.58 Å². The zero-order valence-electron chi connectivity index (χ0n) is 7.82. The maximum atomic E-state index is 9.33. The summed E-state index contributed by atoms with van der Waals surface area (Å²) in [6.07, 6.45) is 1.70. The lowest BCUT2D eigenvalue weighted by molar-refractivity contribution is 0.324. The van der Waals surface area contributed by atoms with E-state index in [2.05, 4.69) is 9.34 Å². The van der Waals surface area contributed by atoms with Gasteiger partial charge in [0.1, 0.15) is 0 Å². The van der Waals surface area contributed by atoms with Crippen LogP contribution in [0.1, 0.15) is 0 Å². The molecule has 1 N–H and O–H groups in total. The summed E-state index contributed by atoms with van der Waals surface area (Å²) in [4.78, 5) is 0. The van der Waals surface area contributed by atoms with Crippen LogP contribution in [0.2, 0.25) is 0 Å². The van der Waals surface area contributed by atoms with E-state index in [0.29, 0.717) is 0 Å². The number of aromatic nitrogens is 1. The average Bonchev–Trinajstić information content (AvgIpc) is 2.65. The zero-order chi connectivity index (χ0) is 11.3. The Labute approximate surface area is 86.4 Å². The topological polar surface area (TPSA) is 89.6 Å². The van der Waals surface area contributed by atoms with Crippen LogP contribution in [0.5, 0.6) is 0 Å². The van der Waals surface area contributed by atoms with Crippen LogP contribution < -0.4 is 0 Å². The lowest BCUT2D eigenvalue weighted by Gasteiger charge is -1.82. The van der Waals surface area contributed by atoms with Crippen LogP contribution >= 0.6 is 0 Å². The monoisotopic (exact) mass is 231 g/mol. The molecular formula is C8H9NO5S. The first-order valence-electron chi connectivity index (χ1n) is 3.85. The van der Waals surface area contributed by atoms with Gasteiger partial charge in [0.25, 0.3) is 0 Å². The standard InChI is InChI=1S/C7H5NO.CH4O4S/c1-2-4-7-6(3-1)5-8-9-7;1-5-6(2,3)4/h1-5H;1H3,(H,2,3,4). The van der Waals surface area contributed by atoms with Crippen molar-refractivity contribution >= 4 is 21.4 Å². The van der Waals surface area contributed by atoms with Gasteiger partial charge in [-0.05, 0) is 12.1 Å². The summed E-state index contributed by atoms with van der Waals surface area (Å²) in [6, 6.07) is 7.74. The highest BCUT2D eigenvalue weighted by molar-refractivity contribution is 7.80. The Hall–Kier alpha value is -1.44.